The quantitative estimate of drug-likeness (QED) is 0.846. The van der Waals surface area contributed by atoms with Gasteiger partial charge in [0.1, 0.15) is 5.75 Å². The molecular formula is C13H18INO. The summed E-state index contributed by atoms with van der Waals surface area (Å²) < 4.78 is 6.81. The van der Waals surface area contributed by atoms with Crippen LogP contribution in [-0.2, 0) is 19.3 Å². The molecule has 3 heteroatoms. The minimum Gasteiger partial charge on any atom is -0.496 e. The maximum absolute atomic E-state index is 6.05. The van der Waals surface area contributed by atoms with Gasteiger partial charge in [-0.15, -0.1) is 0 Å². The fraction of sp³-hybridized carbons (Fsp3) is 0.538. The van der Waals surface area contributed by atoms with Gasteiger partial charge in [-0.2, -0.15) is 0 Å². The number of benzene rings is 1. The van der Waals surface area contributed by atoms with Crippen molar-refractivity contribution in [3.63, 3.8) is 0 Å². The molecule has 0 bridgehead atoms. The number of nitrogens with two attached hydrogens (primary N) is 1. The Morgan fingerprint density at radius 1 is 1.50 bits per heavy atom. The molecule has 1 atom stereocenters. The Morgan fingerprint density at radius 2 is 2.25 bits per heavy atom. The summed E-state index contributed by atoms with van der Waals surface area (Å²) in [6.07, 6.45) is 4.26. The zero-order chi connectivity index (χ0) is 11.7. The van der Waals surface area contributed by atoms with Crippen LogP contribution < -0.4 is 10.5 Å². The van der Waals surface area contributed by atoms with E-state index in [0.29, 0.717) is 6.04 Å². The fourth-order valence-corrected chi connectivity index (χ4v) is 3.54. The summed E-state index contributed by atoms with van der Waals surface area (Å²) >= 11 is 2.41. The summed E-state index contributed by atoms with van der Waals surface area (Å²) in [7, 11) is 1.75. The summed E-state index contributed by atoms with van der Waals surface area (Å²) in [5, 5.41) is 0. The lowest BCUT2D eigenvalue weighted by molar-refractivity contribution is 0.402. The minimum absolute atomic E-state index is 0.297. The second kappa shape index (κ2) is 4.92. The van der Waals surface area contributed by atoms with Crippen LogP contribution in [-0.4, -0.2) is 13.2 Å². The summed E-state index contributed by atoms with van der Waals surface area (Å²) in [4.78, 5) is 0. The average Bonchev–Trinajstić information content (AvgIpc) is 2.28. The van der Waals surface area contributed by atoms with Crippen LogP contribution in [0.25, 0.3) is 0 Å². The molecule has 2 N–H and O–H groups in total. The molecule has 0 spiro atoms. The minimum atomic E-state index is 0.297. The van der Waals surface area contributed by atoms with Crippen LogP contribution in [0.1, 0.15) is 30.0 Å². The Balaban J connectivity index is 2.57. The molecule has 2 rings (SSSR count). The second-order valence-electron chi connectivity index (χ2n) is 4.35. The fourth-order valence-electron chi connectivity index (χ4n) is 2.55. The van der Waals surface area contributed by atoms with Gasteiger partial charge in [-0.25, -0.2) is 0 Å². The molecule has 0 radical (unpaired) electrons. The van der Waals surface area contributed by atoms with Gasteiger partial charge >= 0.3 is 0 Å². The second-order valence-corrected chi connectivity index (χ2v) is 5.51. The first-order valence-electron chi connectivity index (χ1n) is 5.80. The Morgan fingerprint density at radius 3 is 2.88 bits per heavy atom. The average molecular weight is 331 g/mol. The first kappa shape index (κ1) is 12.2. The number of rotatable bonds is 2. The molecule has 0 saturated heterocycles. The van der Waals surface area contributed by atoms with E-state index in [-0.39, 0.29) is 0 Å². The third kappa shape index (κ3) is 2.07. The third-order valence-electron chi connectivity index (χ3n) is 3.38. The monoisotopic (exact) mass is 331 g/mol. The molecular weight excluding hydrogens is 313 g/mol. The summed E-state index contributed by atoms with van der Waals surface area (Å²) in [6.45, 7) is 2.22. The molecule has 1 aromatic rings. The van der Waals surface area contributed by atoms with E-state index in [2.05, 4.69) is 35.6 Å². The predicted octanol–water partition coefficient (Wildman–Crippen LogP) is 2.68. The van der Waals surface area contributed by atoms with Gasteiger partial charge in [-0.3, -0.25) is 0 Å². The predicted molar refractivity (Wildman–Crippen MR) is 75.1 cm³/mol. The molecule has 16 heavy (non-hydrogen) atoms. The Bertz CT molecular complexity index is 403. The van der Waals surface area contributed by atoms with Crippen molar-refractivity contribution in [2.75, 3.05) is 7.11 Å². The molecule has 0 fully saturated rings. The lowest BCUT2D eigenvalue weighted by Gasteiger charge is -2.26. The zero-order valence-corrected chi connectivity index (χ0v) is 12.0. The Kier molecular flexibility index (Phi) is 3.74. The Labute approximate surface area is 111 Å². The molecule has 0 saturated carbocycles. The summed E-state index contributed by atoms with van der Waals surface area (Å²) in [5.41, 5.74) is 10.4. The van der Waals surface area contributed by atoms with E-state index in [4.69, 9.17) is 10.5 Å². The van der Waals surface area contributed by atoms with Gasteiger partial charge in [0.05, 0.1) is 7.11 Å². The van der Waals surface area contributed by atoms with Crippen LogP contribution >= 0.6 is 22.6 Å². The van der Waals surface area contributed by atoms with Gasteiger partial charge < -0.3 is 10.5 Å². The maximum Gasteiger partial charge on any atom is 0.123 e. The maximum atomic E-state index is 6.05. The molecule has 2 nitrogen and oxygen atoms in total. The third-order valence-corrected chi connectivity index (χ3v) is 4.34. The van der Waals surface area contributed by atoms with Crippen molar-refractivity contribution in [3.05, 3.63) is 26.3 Å². The number of halogens is 1. The van der Waals surface area contributed by atoms with E-state index in [9.17, 15) is 0 Å². The molecule has 0 amide bonds. The highest BCUT2D eigenvalue weighted by molar-refractivity contribution is 14.1. The van der Waals surface area contributed by atoms with Gasteiger partial charge in [-0.05, 0) is 71.0 Å². The highest BCUT2D eigenvalue weighted by atomic mass is 127. The van der Waals surface area contributed by atoms with Crippen molar-refractivity contribution >= 4 is 22.6 Å². The van der Waals surface area contributed by atoms with Crippen LogP contribution in [0.2, 0.25) is 0 Å². The molecule has 0 aliphatic heterocycles. The van der Waals surface area contributed by atoms with Crippen LogP contribution in [0.15, 0.2) is 6.07 Å². The first-order chi connectivity index (χ1) is 7.67. The van der Waals surface area contributed by atoms with Crippen LogP contribution in [0.5, 0.6) is 5.75 Å². The first-order valence-corrected chi connectivity index (χ1v) is 6.88. The zero-order valence-electron chi connectivity index (χ0n) is 9.85. The number of methoxy groups -OCH3 is 1. The number of ether oxygens (including phenoxy) is 1. The molecule has 0 aromatic heterocycles. The van der Waals surface area contributed by atoms with Crippen molar-refractivity contribution in [1.82, 2.24) is 0 Å². The van der Waals surface area contributed by atoms with Gasteiger partial charge in [0.25, 0.3) is 0 Å². The SMILES string of the molecule is CCc1c(I)cc(OC)c2c1CCC(N)C2. The molecule has 1 aliphatic carbocycles. The molecule has 88 valence electrons. The van der Waals surface area contributed by atoms with Crippen molar-refractivity contribution in [2.45, 2.75) is 38.6 Å². The number of hydrogen-bond donors (Lipinski definition) is 1. The molecule has 1 aliphatic rings. The highest BCUT2D eigenvalue weighted by Crippen LogP contribution is 2.35. The lowest BCUT2D eigenvalue weighted by Crippen LogP contribution is -2.29. The van der Waals surface area contributed by atoms with Crippen LogP contribution in [0, 0.1) is 3.57 Å². The van der Waals surface area contributed by atoms with Crippen LogP contribution in [0.4, 0.5) is 0 Å². The van der Waals surface area contributed by atoms with E-state index in [1.165, 1.54) is 20.3 Å². The van der Waals surface area contributed by atoms with Gasteiger partial charge in [-0.1, -0.05) is 6.92 Å². The van der Waals surface area contributed by atoms with Gasteiger partial charge in [0, 0.05) is 9.61 Å². The number of fused-ring (bicyclic) bond motifs is 1. The summed E-state index contributed by atoms with van der Waals surface area (Å²) in [6, 6.07) is 2.45. The smallest absolute Gasteiger partial charge is 0.123 e. The standard InChI is InChI=1S/C13H18INO/c1-3-9-10-5-4-8(15)6-11(10)13(16-2)7-12(9)14/h7-8H,3-6,15H2,1-2H3. The topological polar surface area (TPSA) is 35.2 Å². The van der Waals surface area contributed by atoms with Gasteiger partial charge in [0.2, 0.25) is 0 Å². The van der Waals surface area contributed by atoms with E-state index >= 15 is 0 Å². The van der Waals surface area contributed by atoms with Crippen molar-refractivity contribution in [3.8, 4) is 5.75 Å². The summed E-state index contributed by atoms with van der Waals surface area (Å²) in [5.74, 6) is 1.02. The molecule has 1 unspecified atom stereocenters. The van der Waals surface area contributed by atoms with E-state index < -0.39 is 0 Å². The number of hydrogen-bond acceptors (Lipinski definition) is 2. The van der Waals surface area contributed by atoms with E-state index in [1.807, 2.05) is 0 Å². The largest absolute Gasteiger partial charge is 0.496 e. The normalized spacial score (nSPS) is 19.4. The lowest BCUT2D eigenvalue weighted by atomic mass is 9.84. The van der Waals surface area contributed by atoms with E-state index in [0.717, 1.165) is 31.4 Å². The molecule has 1 aromatic carbocycles. The highest BCUT2D eigenvalue weighted by Gasteiger charge is 2.22. The van der Waals surface area contributed by atoms with Crippen molar-refractivity contribution in [2.24, 2.45) is 5.73 Å². The van der Waals surface area contributed by atoms with Crippen molar-refractivity contribution in [1.29, 1.82) is 0 Å². The van der Waals surface area contributed by atoms with E-state index in [1.54, 1.807) is 7.11 Å². The van der Waals surface area contributed by atoms with Gasteiger partial charge in [0.15, 0.2) is 0 Å². The van der Waals surface area contributed by atoms with Crippen LogP contribution in [0.3, 0.4) is 0 Å². The van der Waals surface area contributed by atoms with Crippen molar-refractivity contribution < 1.29 is 4.74 Å². The molecule has 0 heterocycles. The Hall–Kier alpha value is -0.290.